The van der Waals surface area contributed by atoms with Gasteiger partial charge < -0.3 is 15.6 Å². The van der Waals surface area contributed by atoms with Gasteiger partial charge in [-0.2, -0.15) is 4.99 Å². The van der Waals surface area contributed by atoms with Crippen LogP contribution in [0.5, 0.6) is 0 Å². The maximum Gasteiger partial charge on any atom is 0.406 e. The minimum atomic E-state index is -0.981. The number of carboxylic acid groups (broad SMARTS) is 1. The minimum Gasteiger partial charge on any atom is -0.478 e. The zero-order valence-electron chi connectivity index (χ0n) is 7.47. The van der Waals surface area contributed by atoms with E-state index >= 15 is 0 Å². The Hall–Kier alpha value is -2.14. The van der Waals surface area contributed by atoms with Gasteiger partial charge in [-0.3, -0.25) is 0 Å². The molecule has 7 heteroatoms. The lowest BCUT2D eigenvalue weighted by Gasteiger charge is -2.00. The molecule has 3 N–H and O–H groups in total. The second-order valence-electron chi connectivity index (χ2n) is 1.80. The first-order valence-corrected chi connectivity index (χ1v) is 3.32. The Morgan fingerprint density at radius 3 is 2.36 bits per heavy atom. The molecule has 0 aliphatic heterocycles. The molecule has 0 bridgehead atoms. The van der Waals surface area contributed by atoms with Crippen molar-refractivity contribution < 1.29 is 24.2 Å². The molecule has 1 amide bonds. The standard InChI is InChI=1S/C4H6N2O3.C3H4O2/c1-3(6-2-7)9-4(5)8;1-2-3(4)5/h3H,1H3,(H2,5,8);2H,1H2,(H,4,5). The number of nitrogens with two attached hydrogens (primary N) is 1. The first-order chi connectivity index (χ1) is 6.43. The smallest absolute Gasteiger partial charge is 0.406 e. The molecule has 7 nitrogen and oxygen atoms in total. The van der Waals surface area contributed by atoms with Gasteiger partial charge in [0, 0.05) is 6.08 Å². The van der Waals surface area contributed by atoms with E-state index in [1.807, 2.05) is 0 Å². The zero-order valence-corrected chi connectivity index (χ0v) is 7.47. The van der Waals surface area contributed by atoms with Crippen LogP contribution in [0.1, 0.15) is 6.92 Å². The van der Waals surface area contributed by atoms with Gasteiger partial charge in [-0.05, 0) is 6.92 Å². The SMILES string of the molecule is C=CC(=O)O.CC(N=C=O)OC(N)=O. The lowest BCUT2D eigenvalue weighted by Crippen LogP contribution is -2.18. The normalized spacial score (nSPS) is 9.50. The number of isocyanates is 1. The summed E-state index contributed by atoms with van der Waals surface area (Å²) in [6, 6.07) is 0. The van der Waals surface area contributed by atoms with Crippen LogP contribution >= 0.6 is 0 Å². The Balaban J connectivity index is 0. The van der Waals surface area contributed by atoms with E-state index in [9.17, 15) is 14.4 Å². The first-order valence-electron chi connectivity index (χ1n) is 3.32. The van der Waals surface area contributed by atoms with Crippen LogP contribution in [-0.2, 0) is 14.3 Å². The summed E-state index contributed by atoms with van der Waals surface area (Å²) in [4.78, 5) is 31.7. The number of ether oxygens (including phenoxy) is 1. The van der Waals surface area contributed by atoms with Crippen molar-refractivity contribution >= 4 is 18.1 Å². The number of amides is 1. The number of hydrogen-bond donors (Lipinski definition) is 2. The predicted molar refractivity (Wildman–Crippen MR) is 46.1 cm³/mol. The molecule has 0 fully saturated rings. The maximum absolute atomic E-state index is 9.89. The van der Waals surface area contributed by atoms with Crippen molar-refractivity contribution in [1.29, 1.82) is 0 Å². The molecular weight excluding hydrogens is 192 g/mol. The summed E-state index contributed by atoms with van der Waals surface area (Å²) < 4.78 is 4.20. The van der Waals surface area contributed by atoms with Crippen LogP contribution in [0, 0.1) is 0 Å². The number of aliphatic carboxylic acids is 1. The fourth-order valence-electron chi connectivity index (χ4n) is 0.269. The van der Waals surface area contributed by atoms with E-state index in [2.05, 4.69) is 22.0 Å². The summed E-state index contributed by atoms with van der Waals surface area (Å²) in [5.41, 5.74) is 4.57. The fourth-order valence-corrected chi connectivity index (χ4v) is 0.269. The predicted octanol–water partition coefficient (Wildman–Crippen LogP) is 0.0205. The molecule has 78 valence electrons. The Morgan fingerprint density at radius 1 is 1.71 bits per heavy atom. The molecule has 1 unspecified atom stereocenters. The van der Waals surface area contributed by atoms with Gasteiger partial charge in [0.25, 0.3) is 0 Å². The molecule has 0 aliphatic carbocycles. The highest BCUT2D eigenvalue weighted by Gasteiger charge is 2.00. The molecule has 0 aliphatic rings. The third kappa shape index (κ3) is 16.4. The summed E-state index contributed by atoms with van der Waals surface area (Å²) in [7, 11) is 0. The van der Waals surface area contributed by atoms with E-state index in [1.54, 1.807) is 0 Å². The van der Waals surface area contributed by atoms with Gasteiger partial charge in [-0.15, -0.1) is 0 Å². The summed E-state index contributed by atoms with van der Waals surface area (Å²) in [5.74, 6) is -0.981. The highest BCUT2D eigenvalue weighted by molar-refractivity contribution is 5.78. The average molecular weight is 202 g/mol. The van der Waals surface area contributed by atoms with Crippen molar-refractivity contribution in [2.75, 3.05) is 0 Å². The van der Waals surface area contributed by atoms with E-state index in [4.69, 9.17) is 5.11 Å². The molecule has 0 aromatic rings. The van der Waals surface area contributed by atoms with Gasteiger partial charge in [0.1, 0.15) is 0 Å². The Kier molecular flexibility index (Phi) is 9.20. The largest absolute Gasteiger partial charge is 0.478 e. The molecule has 0 aromatic carbocycles. The van der Waals surface area contributed by atoms with Crippen molar-refractivity contribution in [2.45, 2.75) is 13.2 Å². The molecule has 0 heterocycles. The highest BCUT2D eigenvalue weighted by Crippen LogP contribution is 1.88. The second-order valence-corrected chi connectivity index (χ2v) is 1.80. The molecule has 0 saturated heterocycles. The van der Waals surface area contributed by atoms with E-state index in [0.717, 1.165) is 6.08 Å². The molecule has 0 spiro atoms. The molecule has 0 radical (unpaired) electrons. The number of carboxylic acids is 1. The summed E-state index contributed by atoms with van der Waals surface area (Å²) in [6.45, 7) is 4.36. The third-order valence-corrected chi connectivity index (χ3v) is 0.696. The third-order valence-electron chi connectivity index (χ3n) is 0.696. The molecule has 0 saturated carbocycles. The maximum atomic E-state index is 9.89. The monoisotopic (exact) mass is 202 g/mol. The number of rotatable bonds is 3. The van der Waals surface area contributed by atoms with E-state index in [0.29, 0.717) is 0 Å². The Labute approximate surface area is 79.9 Å². The molecule has 0 rings (SSSR count). The van der Waals surface area contributed by atoms with Crippen molar-refractivity contribution in [3.05, 3.63) is 12.7 Å². The van der Waals surface area contributed by atoms with Crippen LogP contribution < -0.4 is 5.73 Å². The topological polar surface area (TPSA) is 119 Å². The van der Waals surface area contributed by atoms with Crippen LogP contribution in [0.2, 0.25) is 0 Å². The van der Waals surface area contributed by atoms with Crippen molar-refractivity contribution in [1.82, 2.24) is 0 Å². The zero-order chi connectivity index (χ0) is 11.6. The molecular formula is C7H10N2O5. The highest BCUT2D eigenvalue weighted by atomic mass is 16.6. The van der Waals surface area contributed by atoms with Gasteiger partial charge in [-0.25, -0.2) is 14.4 Å². The number of aliphatic imine (C=N–C) groups is 1. The number of hydrogen-bond acceptors (Lipinski definition) is 5. The van der Waals surface area contributed by atoms with Gasteiger partial charge in [0.05, 0.1) is 0 Å². The first kappa shape index (κ1) is 14.4. The number of nitrogens with zero attached hydrogens (tertiary/aromatic N) is 1. The lowest BCUT2D eigenvalue weighted by molar-refractivity contribution is -0.131. The molecule has 1 atom stereocenters. The quantitative estimate of drug-likeness (QED) is 0.379. The van der Waals surface area contributed by atoms with Crippen molar-refractivity contribution in [3.63, 3.8) is 0 Å². The van der Waals surface area contributed by atoms with Crippen LogP contribution in [0.3, 0.4) is 0 Å². The van der Waals surface area contributed by atoms with Crippen LogP contribution in [0.15, 0.2) is 17.6 Å². The fraction of sp³-hybridized carbons (Fsp3) is 0.286. The Morgan fingerprint density at radius 2 is 2.14 bits per heavy atom. The average Bonchev–Trinajstić information content (AvgIpc) is 2.04. The summed E-state index contributed by atoms with van der Waals surface area (Å²) in [5, 5.41) is 7.60. The molecule has 0 aromatic heterocycles. The lowest BCUT2D eigenvalue weighted by atomic mass is 10.7. The van der Waals surface area contributed by atoms with E-state index in [-0.39, 0.29) is 0 Å². The van der Waals surface area contributed by atoms with Gasteiger partial charge >= 0.3 is 12.1 Å². The van der Waals surface area contributed by atoms with Gasteiger partial charge in [0.2, 0.25) is 12.3 Å². The van der Waals surface area contributed by atoms with Crippen molar-refractivity contribution in [3.8, 4) is 0 Å². The van der Waals surface area contributed by atoms with Crippen LogP contribution in [0.25, 0.3) is 0 Å². The number of carbonyl (C=O) groups is 2. The van der Waals surface area contributed by atoms with Crippen molar-refractivity contribution in [2.24, 2.45) is 10.7 Å². The summed E-state index contributed by atoms with van der Waals surface area (Å²) >= 11 is 0. The molecule has 14 heavy (non-hydrogen) atoms. The Bertz CT molecular complexity index is 257. The van der Waals surface area contributed by atoms with Gasteiger partial charge in [-0.1, -0.05) is 6.58 Å². The van der Waals surface area contributed by atoms with E-state index < -0.39 is 18.3 Å². The summed E-state index contributed by atoms with van der Waals surface area (Å²) in [6.07, 6.45) is 0.258. The second kappa shape index (κ2) is 8.95. The number of primary amides is 1. The number of carbonyl (C=O) groups excluding carboxylic acids is 2. The van der Waals surface area contributed by atoms with E-state index in [1.165, 1.54) is 13.0 Å². The van der Waals surface area contributed by atoms with Gasteiger partial charge in [0.15, 0.2) is 0 Å². The van der Waals surface area contributed by atoms with Crippen LogP contribution in [-0.4, -0.2) is 29.5 Å². The van der Waals surface area contributed by atoms with Crippen LogP contribution in [0.4, 0.5) is 4.79 Å². The minimum absolute atomic E-state index is 0.833.